The molecule has 2 heteroatoms. The Morgan fingerprint density at radius 1 is 0.727 bits per heavy atom. The first-order chi connectivity index (χ1) is 16.1. The monoisotopic (exact) mass is 424 g/mol. The molecule has 5 aromatic carbocycles. The van der Waals surface area contributed by atoms with Crippen LogP contribution >= 0.6 is 0 Å². The summed E-state index contributed by atoms with van der Waals surface area (Å²) in [7, 11) is 0. The second-order valence-corrected chi connectivity index (χ2v) is 9.98. The van der Waals surface area contributed by atoms with E-state index in [1.165, 1.54) is 65.5 Å². The highest BCUT2D eigenvalue weighted by atomic mass is 16.5. The van der Waals surface area contributed by atoms with Crippen LogP contribution in [0.4, 0.5) is 0 Å². The smallest absolute Gasteiger partial charge is 0.292 e. The Morgan fingerprint density at radius 2 is 1.36 bits per heavy atom. The molecule has 0 saturated carbocycles. The van der Waals surface area contributed by atoms with Gasteiger partial charge in [0.1, 0.15) is 5.75 Å². The van der Waals surface area contributed by atoms with E-state index in [1.807, 2.05) is 0 Å². The van der Waals surface area contributed by atoms with Crippen molar-refractivity contribution in [1.29, 1.82) is 0 Å². The third-order valence-corrected chi connectivity index (χ3v) is 7.90. The zero-order valence-corrected chi connectivity index (χ0v) is 18.6. The molecule has 1 aliphatic carbocycles. The van der Waals surface area contributed by atoms with Crippen LogP contribution in [-0.4, -0.2) is 0 Å². The number of hydrogen-bond acceptors (Lipinski definition) is 1. The van der Waals surface area contributed by atoms with E-state index in [9.17, 15) is 0 Å². The highest BCUT2D eigenvalue weighted by molar-refractivity contribution is 6.16. The molecular formula is C31H22NO+. The van der Waals surface area contributed by atoms with Crippen LogP contribution in [0.3, 0.4) is 0 Å². The minimum atomic E-state index is -0.127. The van der Waals surface area contributed by atoms with Crippen LogP contribution in [-0.2, 0) is 12.1 Å². The summed E-state index contributed by atoms with van der Waals surface area (Å²) in [6.45, 7) is 5.30. The molecule has 0 N–H and O–H groups in total. The number of pyridine rings is 1. The average Bonchev–Trinajstić information content (AvgIpc) is 3.09. The standard InChI is InChI=1S/C31H22NO/c1-31(2)24-15-20-13-11-19-8-4-6-10-23(19)26(20)30-27(24)29-28(31)25-21(16-32(29)17-33-30)14-12-18-7-3-5-9-22(18)25/h3-16H,17H2,1-2H3/q+1. The summed E-state index contributed by atoms with van der Waals surface area (Å²) in [5.74, 6) is 1.05. The third-order valence-electron chi connectivity index (χ3n) is 7.90. The van der Waals surface area contributed by atoms with Crippen molar-refractivity contribution >= 4 is 43.1 Å². The number of fused-ring (bicyclic) bond motifs is 8. The topological polar surface area (TPSA) is 13.1 Å². The first-order valence-corrected chi connectivity index (χ1v) is 11.6. The summed E-state index contributed by atoms with van der Waals surface area (Å²) in [5, 5.41) is 10.3. The van der Waals surface area contributed by atoms with Crippen LogP contribution in [0.1, 0.15) is 25.0 Å². The van der Waals surface area contributed by atoms with Gasteiger partial charge in [-0.2, -0.15) is 4.57 Å². The van der Waals surface area contributed by atoms with Gasteiger partial charge < -0.3 is 4.74 Å². The number of benzene rings is 5. The van der Waals surface area contributed by atoms with Crippen molar-refractivity contribution in [3.05, 3.63) is 96.2 Å². The average molecular weight is 425 g/mol. The molecule has 0 spiro atoms. The lowest BCUT2D eigenvalue weighted by Gasteiger charge is -2.22. The molecule has 2 nitrogen and oxygen atoms in total. The number of ether oxygens (including phenoxy) is 1. The fraction of sp³-hybridized carbons (Fsp3) is 0.129. The van der Waals surface area contributed by atoms with Gasteiger partial charge in [0.25, 0.3) is 6.73 Å². The molecule has 156 valence electrons. The summed E-state index contributed by atoms with van der Waals surface area (Å²) in [6, 6.07) is 28.8. The fourth-order valence-electron chi connectivity index (χ4n) is 6.43. The van der Waals surface area contributed by atoms with Crippen molar-refractivity contribution in [1.82, 2.24) is 0 Å². The summed E-state index contributed by atoms with van der Waals surface area (Å²) in [5.41, 5.74) is 5.27. The van der Waals surface area contributed by atoms with Crippen LogP contribution in [0.25, 0.3) is 54.3 Å². The van der Waals surface area contributed by atoms with E-state index < -0.39 is 0 Å². The van der Waals surface area contributed by atoms with Crippen LogP contribution in [0, 0.1) is 0 Å². The van der Waals surface area contributed by atoms with Crippen LogP contribution < -0.4 is 9.30 Å². The molecule has 0 fully saturated rings. The highest BCUT2D eigenvalue weighted by Crippen LogP contribution is 2.57. The van der Waals surface area contributed by atoms with Crippen LogP contribution in [0.15, 0.2) is 85.1 Å². The SMILES string of the molecule is CC1(C)c2cc3ccc4ccccc4c3c3c2-c2c1c1c(ccc4ccccc41)c[n+]2CO3. The van der Waals surface area contributed by atoms with Crippen LogP contribution in [0.5, 0.6) is 5.75 Å². The minimum absolute atomic E-state index is 0.127. The van der Waals surface area contributed by atoms with Crippen molar-refractivity contribution in [3.63, 3.8) is 0 Å². The first-order valence-electron chi connectivity index (χ1n) is 11.6. The van der Waals surface area contributed by atoms with Gasteiger partial charge in [-0.05, 0) is 44.6 Å². The minimum Gasteiger partial charge on any atom is -0.434 e. The number of aromatic nitrogens is 1. The Balaban J connectivity index is 1.62. The van der Waals surface area contributed by atoms with Gasteiger partial charge >= 0.3 is 0 Å². The zero-order valence-electron chi connectivity index (χ0n) is 18.6. The van der Waals surface area contributed by atoms with Gasteiger partial charge in [-0.25, -0.2) is 0 Å². The Bertz CT molecular complexity index is 1840. The second-order valence-electron chi connectivity index (χ2n) is 9.98. The van der Waals surface area contributed by atoms with E-state index >= 15 is 0 Å². The maximum atomic E-state index is 6.58. The summed E-state index contributed by atoms with van der Waals surface area (Å²) < 4.78 is 8.90. The van der Waals surface area contributed by atoms with Gasteiger partial charge in [0.2, 0.25) is 5.69 Å². The van der Waals surface area contributed by atoms with Crippen LogP contribution in [0.2, 0.25) is 0 Å². The number of hydrogen-bond donors (Lipinski definition) is 0. The molecule has 0 saturated heterocycles. The normalized spacial score (nSPS) is 15.3. The summed E-state index contributed by atoms with van der Waals surface area (Å²) in [6.07, 6.45) is 2.28. The Kier molecular flexibility index (Phi) is 3.05. The molecule has 33 heavy (non-hydrogen) atoms. The van der Waals surface area contributed by atoms with Crippen molar-refractivity contribution in [2.45, 2.75) is 26.0 Å². The maximum Gasteiger partial charge on any atom is 0.292 e. The van der Waals surface area contributed by atoms with E-state index in [0.717, 1.165) is 5.75 Å². The molecular weight excluding hydrogens is 402 g/mol. The molecule has 1 aromatic heterocycles. The number of nitrogens with zero attached hydrogens (tertiary/aromatic N) is 1. The largest absolute Gasteiger partial charge is 0.434 e. The molecule has 0 amide bonds. The quantitative estimate of drug-likeness (QED) is 0.185. The lowest BCUT2D eigenvalue weighted by atomic mass is 9.79. The molecule has 0 atom stereocenters. The molecule has 1 aliphatic heterocycles. The van der Waals surface area contributed by atoms with E-state index in [-0.39, 0.29) is 5.41 Å². The molecule has 0 radical (unpaired) electrons. The molecule has 0 bridgehead atoms. The fourth-order valence-corrected chi connectivity index (χ4v) is 6.43. The second kappa shape index (κ2) is 5.71. The van der Waals surface area contributed by atoms with Gasteiger partial charge in [-0.15, -0.1) is 0 Å². The highest BCUT2D eigenvalue weighted by Gasteiger charge is 2.47. The zero-order chi connectivity index (χ0) is 21.9. The summed E-state index contributed by atoms with van der Waals surface area (Å²) >= 11 is 0. The maximum absolute atomic E-state index is 6.58. The van der Waals surface area contributed by atoms with E-state index in [4.69, 9.17) is 4.74 Å². The van der Waals surface area contributed by atoms with Crippen molar-refractivity contribution < 1.29 is 9.30 Å². The molecule has 8 rings (SSSR count). The van der Waals surface area contributed by atoms with Gasteiger partial charge in [-0.3, -0.25) is 0 Å². The lowest BCUT2D eigenvalue weighted by molar-refractivity contribution is -0.716. The number of rotatable bonds is 0. The first kappa shape index (κ1) is 17.6. The molecule has 2 aliphatic rings. The molecule has 0 unspecified atom stereocenters. The van der Waals surface area contributed by atoms with Gasteiger partial charge in [0.05, 0.1) is 5.56 Å². The van der Waals surface area contributed by atoms with Gasteiger partial charge in [-0.1, -0.05) is 80.6 Å². The molecule has 2 heterocycles. The Hall–Kier alpha value is -3.91. The Morgan fingerprint density at radius 3 is 2.12 bits per heavy atom. The van der Waals surface area contributed by atoms with Gasteiger partial charge in [0.15, 0.2) is 6.20 Å². The molecule has 6 aromatic rings. The summed E-state index contributed by atoms with van der Waals surface area (Å²) in [4.78, 5) is 0. The van der Waals surface area contributed by atoms with Crippen molar-refractivity contribution in [2.24, 2.45) is 0 Å². The van der Waals surface area contributed by atoms with E-state index in [2.05, 4.69) is 103 Å². The third kappa shape index (κ3) is 2.03. The Labute approximate surface area is 191 Å². The van der Waals surface area contributed by atoms with Crippen molar-refractivity contribution in [3.8, 4) is 17.0 Å². The van der Waals surface area contributed by atoms with E-state index in [1.54, 1.807) is 0 Å². The predicted octanol–water partition coefficient (Wildman–Crippen LogP) is 7.24. The van der Waals surface area contributed by atoms with Gasteiger partial charge in [0, 0.05) is 27.1 Å². The van der Waals surface area contributed by atoms with Crippen molar-refractivity contribution in [2.75, 3.05) is 0 Å². The van der Waals surface area contributed by atoms with E-state index in [0.29, 0.717) is 6.73 Å². The predicted molar refractivity (Wildman–Crippen MR) is 135 cm³/mol. The lowest BCUT2D eigenvalue weighted by Crippen LogP contribution is -2.42.